The maximum atomic E-state index is 13.6. The zero-order valence-corrected chi connectivity index (χ0v) is 22.8. The second-order valence-corrected chi connectivity index (χ2v) is 12.2. The molecular weight excluding hydrogens is 540 g/mol. The molecule has 0 spiro atoms. The summed E-state index contributed by atoms with van der Waals surface area (Å²) < 4.78 is 33.1. The molecule has 2 aromatic heterocycles. The number of benzene rings is 1. The summed E-state index contributed by atoms with van der Waals surface area (Å²) in [6, 6.07) is 7.55. The van der Waals surface area contributed by atoms with E-state index in [1.807, 2.05) is 31.2 Å². The van der Waals surface area contributed by atoms with Gasteiger partial charge in [-0.25, -0.2) is 15.1 Å². The number of thiophene rings is 1. The molecule has 1 aliphatic carbocycles. The van der Waals surface area contributed by atoms with Crippen LogP contribution in [0.2, 0.25) is 0 Å². The number of rotatable bonds is 8. The van der Waals surface area contributed by atoms with Gasteiger partial charge in [0.2, 0.25) is 5.78 Å². The molecule has 4 atom stereocenters. The minimum absolute atomic E-state index is 0.222. The molecule has 1 fully saturated rings. The number of terminal acetylenes is 1. The van der Waals surface area contributed by atoms with E-state index >= 15 is 0 Å². The molecule has 39 heavy (non-hydrogen) atoms. The summed E-state index contributed by atoms with van der Waals surface area (Å²) in [5, 5.41) is 18.5. The van der Waals surface area contributed by atoms with E-state index in [4.69, 9.17) is 16.3 Å². The number of aliphatic hydroxyl groups is 1. The Hall–Kier alpha value is -3.18. The van der Waals surface area contributed by atoms with Gasteiger partial charge >= 0.3 is 10.3 Å². The van der Waals surface area contributed by atoms with Crippen molar-refractivity contribution in [3.63, 3.8) is 0 Å². The highest BCUT2D eigenvalue weighted by Crippen LogP contribution is 2.39. The third-order valence-corrected chi connectivity index (χ3v) is 8.64. The van der Waals surface area contributed by atoms with Crippen molar-refractivity contribution in [1.29, 1.82) is 0 Å². The van der Waals surface area contributed by atoms with Crippen LogP contribution >= 0.6 is 11.3 Å². The van der Waals surface area contributed by atoms with Crippen LogP contribution < -0.4 is 10.5 Å². The van der Waals surface area contributed by atoms with Crippen LogP contribution in [0.15, 0.2) is 36.8 Å². The van der Waals surface area contributed by atoms with E-state index < -0.39 is 22.3 Å². The first-order valence-corrected chi connectivity index (χ1v) is 14.7. The van der Waals surface area contributed by atoms with Crippen LogP contribution in [-0.4, -0.2) is 54.6 Å². The minimum Gasteiger partial charge on any atom is -0.393 e. The van der Waals surface area contributed by atoms with Crippen molar-refractivity contribution >= 4 is 33.2 Å². The van der Waals surface area contributed by atoms with Crippen LogP contribution in [0, 0.1) is 25.2 Å². The molecule has 2 aliphatic rings. The molecule has 4 N–H and O–H groups in total. The van der Waals surface area contributed by atoms with Gasteiger partial charge in [-0.05, 0) is 61.1 Å². The van der Waals surface area contributed by atoms with Crippen LogP contribution in [0.25, 0.3) is 0 Å². The van der Waals surface area contributed by atoms with E-state index in [1.165, 1.54) is 29.4 Å². The number of hydrogen-bond donors (Lipinski definition) is 3. The van der Waals surface area contributed by atoms with E-state index in [1.54, 1.807) is 0 Å². The first-order valence-electron chi connectivity index (χ1n) is 12.4. The maximum absolute atomic E-state index is 13.6. The number of carbonyl (C=O) groups is 1. The second kappa shape index (κ2) is 11.1. The second-order valence-electron chi connectivity index (χ2n) is 9.71. The predicted molar refractivity (Wildman–Crippen MR) is 146 cm³/mol. The highest BCUT2D eigenvalue weighted by molar-refractivity contribution is 7.84. The van der Waals surface area contributed by atoms with Gasteiger partial charge < -0.3 is 15.2 Å². The summed E-state index contributed by atoms with van der Waals surface area (Å²) >= 11 is 1.38. The first kappa shape index (κ1) is 27.4. The van der Waals surface area contributed by atoms with E-state index in [0.717, 1.165) is 28.0 Å². The third kappa shape index (κ3) is 6.04. The van der Waals surface area contributed by atoms with Crippen LogP contribution in [-0.2, 0) is 25.6 Å². The summed E-state index contributed by atoms with van der Waals surface area (Å²) in [5.41, 5.74) is 4.19. The van der Waals surface area contributed by atoms with Gasteiger partial charge in [-0.15, -0.1) is 17.8 Å². The molecule has 3 aromatic rings. The molecular formula is C27H28N4O6S2. The van der Waals surface area contributed by atoms with Crippen molar-refractivity contribution in [1.82, 2.24) is 9.97 Å². The summed E-state index contributed by atoms with van der Waals surface area (Å²) in [4.78, 5) is 23.5. The van der Waals surface area contributed by atoms with Crippen molar-refractivity contribution < 1.29 is 27.2 Å². The van der Waals surface area contributed by atoms with Gasteiger partial charge in [0.1, 0.15) is 18.2 Å². The number of aliphatic hydroxyl groups excluding tert-OH is 1. The number of anilines is 1. The number of fused-ring (bicyclic) bond motifs is 1. The van der Waals surface area contributed by atoms with Crippen molar-refractivity contribution in [2.75, 3.05) is 18.5 Å². The summed E-state index contributed by atoms with van der Waals surface area (Å²) in [7, 11) is -4.10. The molecule has 204 valence electrons. The quantitative estimate of drug-likeness (QED) is 0.275. The molecule has 3 heterocycles. The minimum atomic E-state index is -4.10. The highest BCUT2D eigenvalue weighted by atomic mass is 32.2. The molecule has 0 bridgehead atoms. The Morgan fingerprint density at radius 3 is 2.92 bits per heavy atom. The number of ketones is 1. The van der Waals surface area contributed by atoms with Crippen LogP contribution in [0.1, 0.15) is 61.3 Å². The largest absolute Gasteiger partial charge is 0.393 e. The Balaban J connectivity index is 1.36. The molecule has 10 nitrogen and oxygen atoms in total. The number of ether oxygens (including phenoxy) is 1. The smallest absolute Gasteiger partial charge is 0.333 e. The normalized spacial score (nSPS) is 22.7. The first-order chi connectivity index (χ1) is 18.6. The van der Waals surface area contributed by atoms with Crippen molar-refractivity contribution in [2.45, 2.75) is 44.4 Å². The van der Waals surface area contributed by atoms with Gasteiger partial charge in [-0.2, -0.15) is 8.42 Å². The molecule has 0 saturated heterocycles. The Morgan fingerprint density at radius 2 is 2.15 bits per heavy atom. The Morgan fingerprint density at radius 1 is 1.33 bits per heavy atom. The molecule has 0 amide bonds. The lowest BCUT2D eigenvalue weighted by Gasteiger charge is -2.26. The average molecular weight is 569 g/mol. The number of aromatic nitrogens is 2. The third-order valence-electron chi connectivity index (χ3n) is 7.11. The summed E-state index contributed by atoms with van der Waals surface area (Å²) in [6.07, 6.45) is 8.86. The zero-order chi connectivity index (χ0) is 27.7. The number of nitrogens with two attached hydrogens (primary N) is 1. The fourth-order valence-electron chi connectivity index (χ4n) is 5.18. The van der Waals surface area contributed by atoms with E-state index in [2.05, 4.69) is 25.4 Å². The lowest BCUT2D eigenvalue weighted by molar-refractivity contribution is 0.0697. The van der Waals surface area contributed by atoms with Gasteiger partial charge in [-0.1, -0.05) is 12.0 Å². The van der Waals surface area contributed by atoms with Gasteiger partial charge in [0.05, 0.1) is 29.8 Å². The zero-order valence-electron chi connectivity index (χ0n) is 21.2. The Bertz CT molecular complexity index is 1550. The molecule has 2 unspecified atom stereocenters. The lowest BCUT2D eigenvalue weighted by atomic mass is 9.91. The Labute approximate surface area is 230 Å². The van der Waals surface area contributed by atoms with Crippen LogP contribution in [0.4, 0.5) is 5.82 Å². The number of nitrogens with zero attached hydrogens (tertiary/aromatic N) is 2. The van der Waals surface area contributed by atoms with Crippen LogP contribution in [0.3, 0.4) is 0 Å². The van der Waals surface area contributed by atoms with Crippen molar-refractivity contribution in [3.8, 4) is 12.3 Å². The van der Waals surface area contributed by atoms with E-state index in [-0.39, 0.29) is 24.5 Å². The molecule has 12 heteroatoms. The number of hydrogen-bond acceptors (Lipinski definition) is 10. The van der Waals surface area contributed by atoms with Crippen LogP contribution in [0.5, 0.6) is 0 Å². The Kier molecular flexibility index (Phi) is 7.82. The molecule has 5 rings (SSSR count). The van der Waals surface area contributed by atoms with Crippen molar-refractivity contribution in [2.24, 2.45) is 11.1 Å². The maximum Gasteiger partial charge on any atom is 0.333 e. The SMILES string of the molecule is C#Cc1ccc2c(c1)C(c1cc(C(=O)c3cncnc3NC3C[C@H](COS(N)(=O)=O)[C@@H](O)C3)sc1C)OCC2. The van der Waals surface area contributed by atoms with Gasteiger partial charge in [0, 0.05) is 28.6 Å². The van der Waals surface area contributed by atoms with Gasteiger partial charge in [-0.3, -0.25) is 8.98 Å². The average Bonchev–Trinajstić information content (AvgIpc) is 3.47. The number of nitrogens with one attached hydrogen (secondary N) is 1. The monoisotopic (exact) mass is 568 g/mol. The molecule has 0 radical (unpaired) electrons. The topological polar surface area (TPSA) is 154 Å². The highest BCUT2D eigenvalue weighted by Gasteiger charge is 2.35. The molecule has 1 aliphatic heterocycles. The number of aryl methyl sites for hydroxylation is 1. The van der Waals surface area contributed by atoms with E-state index in [0.29, 0.717) is 35.7 Å². The fraction of sp³-hybridized carbons (Fsp3) is 0.370. The van der Waals surface area contributed by atoms with Gasteiger partial charge in [0.15, 0.2) is 0 Å². The number of carbonyl (C=O) groups excluding carboxylic acids is 1. The summed E-state index contributed by atoms with van der Waals surface area (Å²) in [5.74, 6) is 2.35. The predicted octanol–water partition coefficient (Wildman–Crippen LogP) is 2.49. The van der Waals surface area contributed by atoms with Gasteiger partial charge in [0.25, 0.3) is 0 Å². The molecule has 1 saturated carbocycles. The molecule has 1 aromatic carbocycles. The van der Waals surface area contributed by atoms with E-state index in [9.17, 15) is 18.3 Å². The summed E-state index contributed by atoms with van der Waals surface area (Å²) in [6.45, 7) is 2.31. The lowest BCUT2D eigenvalue weighted by Crippen LogP contribution is -2.24. The fourth-order valence-corrected chi connectivity index (χ4v) is 6.54. The standard InChI is InChI=1S/C27H28N4O6S2/c1-3-16-4-5-17-6-7-36-26(21(17)8-16)20-11-24(38-15(20)2)25(33)22-12-29-14-30-27(22)31-19-9-18(23(32)10-19)13-37-39(28,34)35/h1,4-5,8,11-12,14,18-19,23,26,32H,6-7,9-10,13H2,2H3,(H2,28,34,35)(H,29,30,31)/t18-,19?,23+,26?/m1/s1. The van der Waals surface area contributed by atoms with Crippen molar-refractivity contribution in [3.05, 3.63) is 74.4 Å².